The van der Waals surface area contributed by atoms with Gasteiger partial charge in [0.05, 0.1) is 0 Å². The molecule has 0 spiro atoms. The third-order valence-electron chi connectivity index (χ3n) is 2.05. The molecule has 0 unspecified atom stereocenters. The molecule has 0 aliphatic rings. The fraction of sp³-hybridized carbons (Fsp3) is 0.250. The topological polar surface area (TPSA) is 153 Å². The average Bonchev–Trinajstić information content (AvgIpc) is 2.27. The van der Waals surface area contributed by atoms with Gasteiger partial charge < -0.3 is 0 Å². The van der Waals surface area contributed by atoms with Crippen molar-refractivity contribution in [1.29, 1.82) is 0 Å². The van der Waals surface area contributed by atoms with Crippen LogP contribution in [0.25, 0.3) is 0 Å². The molecule has 0 radical (unpaired) electrons. The molecular weight excluding hydrogens is 327 g/mol. The molecule has 1 aromatic carbocycles. The van der Waals surface area contributed by atoms with Crippen LogP contribution in [-0.4, -0.2) is 38.8 Å². The second-order valence-electron chi connectivity index (χ2n) is 3.30. The van der Waals surface area contributed by atoms with E-state index >= 15 is 0 Å². The van der Waals surface area contributed by atoms with Crippen LogP contribution >= 0.6 is 0 Å². The summed E-state index contributed by atoms with van der Waals surface area (Å²) in [6, 6.07) is 1.19. The third kappa shape index (κ3) is 3.31. The Hall–Kier alpha value is -1.90. The first-order valence-corrected chi connectivity index (χ1v) is 8.22. The summed E-state index contributed by atoms with van der Waals surface area (Å²) in [6.07, 6.45) is 0. The fourth-order valence-corrected chi connectivity index (χ4v) is 2.53. The Morgan fingerprint density at radius 1 is 1.21 bits per heavy atom. The normalized spacial score (nSPS) is 11.1. The number of rotatable bonds is 5. The SMILES string of the molecule is CCOc1c([N+](=O)[O-])cc([As](=O)(O)O)cc1[N+](=O)[O-]. The number of nitro groups is 2. The standard InChI is InChI=1S/C8H9AsN2O8/c1-2-19-8-6(10(15)16)3-5(9(12,13)14)4-7(8)11(17)18/h3-4H,2H2,1H3,(H2,12,13,14). The van der Waals surface area contributed by atoms with E-state index in [0.29, 0.717) is 12.1 Å². The van der Waals surface area contributed by atoms with E-state index in [2.05, 4.69) is 0 Å². The summed E-state index contributed by atoms with van der Waals surface area (Å²) in [7, 11) is 0. The Labute approximate surface area is 108 Å². The number of hydrogen-bond donors (Lipinski definition) is 2. The van der Waals surface area contributed by atoms with Gasteiger partial charge in [-0.2, -0.15) is 0 Å². The molecule has 10 nitrogen and oxygen atoms in total. The van der Waals surface area contributed by atoms with Gasteiger partial charge in [0.15, 0.2) is 0 Å². The molecule has 1 aromatic rings. The van der Waals surface area contributed by atoms with Crippen LogP contribution in [0.15, 0.2) is 12.1 Å². The molecule has 0 amide bonds. The first-order valence-electron chi connectivity index (χ1n) is 4.84. The Balaban J connectivity index is 3.67. The van der Waals surface area contributed by atoms with Gasteiger partial charge in [0, 0.05) is 0 Å². The molecule has 0 saturated heterocycles. The summed E-state index contributed by atoms with van der Waals surface area (Å²) in [5.41, 5.74) is -1.70. The first-order chi connectivity index (χ1) is 8.68. The van der Waals surface area contributed by atoms with Crippen LogP contribution in [0, 0.1) is 20.2 Å². The van der Waals surface area contributed by atoms with Gasteiger partial charge in [-0.15, -0.1) is 0 Å². The number of hydrogen-bond acceptors (Lipinski definition) is 6. The van der Waals surface area contributed by atoms with Gasteiger partial charge in [0.25, 0.3) is 0 Å². The first kappa shape index (κ1) is 15.2. The van der Waals surface area contributed by atoms with E-state index in [0.717, 1.165) is 0 Å². The zero-order valence-electron chi connectivity index (χ0n) is 9.55. The van der Waals surface area contributed by atoms with Crippen LogP contribution in [0.3, 0.4) is 0 Å². The molecule has 1 rings (SSSR count). The van der Waals surface area contributed by atoms with Crippen LogP contribution in [0.5, 0.6) is 5.75 Å². The minimum atomic E-state index is -5.50. The van der Waals surface area contributed by atoms with E-state index in [-0.39, 0.29) is 6.61 Å². The van der Waals surface area contributed by atoms with E-state index in [9.17, 15) is 24.0 Å². The summed E-state index contributed by atoms with van der Waals surface area (Å²) in [4.78, 5) is 19.6. The third-order valence-corrected chi connectivity index (χ3v) is 4.01. The predicted octanol–water partition coefficient (Wildman–Crippen LogP) is -0.537. The minimum absolute atomic E-state index is 0.0675. The van der Waals surface area contributed by atoms with Gasteiger partial charge in [-0.1, -0.05) is 0 Å². The predicted molar refractivity (Wildman–Crippen MR) is 61.4 cm³/mol. The van der Waals surface area contributed by atoms with Crippen LogP contribution in [0.2, 0.25) is 0 Å². The Morgan fingerprint density at radius 2 is 1.63 bits per heavy atom. The molecule has 0 bridgehead atoms. The fourth-order valence-electron chi connectivity index (χ4n) is 1.32. The van der Waals surface area contributed by atoms with Gasteiger partial charge >= 0.3 is 108 Å². The molecular formula is C8H9AsN2O8. The summed E-state index contributed by atoms with van der Waals surface area (Å²) >= 11 is -5.50. The summed E-state index contributed by atoms with van der Waals surface area (Å²) in [6.45, 7) is 1.40. The van der Waals surface area contributed by atoms with Crippen molar-refractivity contribution < 1.29 is 26.5 Å². The average molecular weight is 336 g/mol. The zero-order chi connectivity index (χ0) is 14.8. The summed E-state index contributed by atoms with van der Waals surface area (Å²) < 4.78 is 33.2. The molecule has 0 aliphatic carbocycles. The molecule has 0 heterocycles. The van der Waals surface area contributed by atoms with Crippen LogP contribution in [-0.2, 0) is 3.74 Å². The molecule has 11 heteroatoms. The van der Waals surface area contributed by atoms with Crippen molar-refractivity contribution in [3.05, 3.63) is 32.4 Å². The molecule has 0 aromatic heterocycles. The molecule has 104 valence electrons. The molecule has 0 aliphatic heterocycles. The van der Waals surface area contributed by atoms with Gasteiger partial charge in [-0.3, -0.25) is 0 Å². The van der Waals surface area contributed by atoms with Crippen molar-refractivity contribution in [3.8, 4) is 5.75 Å². The van der Waals surface area contributed by atoms with Crippen molar-refractivity contribution in [2.24, 2.45) is 0 Å². The number of benzene rings is 1. The maximum atomic E-state index is 11.1. The van der Waals surface area contributed by atoms with Gasteiger partial charge in [0.2, 0.25) is 0 Å². The van der Waals surface area contributed by atoms with E-state index < -0.39 is 45.5 Å². The van der Waals surface area contributed by atoms with Crippen LogP contribution in [0.4, 0.5) is 11.4 Å². The van der Waals surface area contributed by atoms with Crippen molar-refractivity contribution in [3.63, 3.8) is 0 Å². The van der Waals surface area contributed by atoms with E-state index in [1.807, 2.05) is 0 Å². The van der Waals surface area contributed by atoms with E-state index in [1.165, 1.54) is 6.92 Å². The van der Waals surface area contributed by atoms with E-state index in [1.54, 1.807) is 0 Å². The Bertz CT molecular complexity index is 545. The molecule has 0 fully saturated rings. The number of ether oxygens (including phenoxy) is 1. The van der Waals surface area contributed by atoms with Gasteiger partial charge in [-0.25, -0.2) is 0 Å². The van der Waals surface area contributed by atoms with Crippen LogP contribution in [0.1, 0.15) is 6.92 Å². The molecule has 0 saturated carbocycles. The zero-order valence-corrected chi connectivity index (χ0v) is 11.4. The monoisotopic (exact) mass is 336 g/mol. The Morgan fingerprint density at radius 3 is 1.89 bits per heavy atom. The number of nitro benzene ring substituents is 2. The van der Waals surface area contributed by atoms with Crippen molar-refractivity contribution in [2.45, 2.75) is 6.92 Å². The molecule has 0 atom stereocenters. The molecule has 19 heavy (non-hydrogen) atoms. The molecule has 2 N–H and O–H groups in total. The van der Waals surface area contributed by atoms with Crippen LogP contribution < -0.4 is 9.09 Å². The second-order valence-corrected chi connectivity index (χ2v) is 6.67. The van der Waals surface area contributed by atoms with Crippen molar-refractivity contribution in [1.82, 2.24) is 0 Å². The van der Waals surface area contributed by atoms with Crippen molar-refractivity contribution in [2.75, 3.05) is 6.61 Å². The maximum absolute atomic E-state index is 11.1. The summed E-state index contributed by atoms with van der Waals surface area (Å²) in [5.74, 6) is -0.620. The van der Waals surface area contributed by atoms with Gasteiger partial charge in [-0.05, 0) is 0 Å². The van der Waals surface area contributed by atoms with E-state index in [4.69, 9.17) is 12.9 Å². The quantitative estimate of drug-likeness (QED) is 0.413. The summed E-state index contributed by atoms with van der Waals surface area (Å²) in [5, 5.41) is 21.6. The number of nitrogens with zero attached hydrogens (tertiary/aromatic N) is 2. The van der Waals surface area contributed by atoms with Crippen molar-refractivity contribution >= 4 is 29.9 Å². The van der Waals surface area contributed by atoms with Gasteiger partial charge in [0.1, 0.15) is 0 Å². The second kappa shape index (κ2) is 5.39. The Kier molecular flexibility index (Phi) is 4.30.